The summed E-state index contributed by atoms with van der Waals surface area (Å²) in [7, 11) is 0. The van der Waals surface area contributed by atoms with Crippen LogP contribution in [-0.4, -0.2) is 36.6 Å². The van der Waals surface area contributed by atoms with E-state index in [0.717, 1.165) is 0 Å². The van der Waals surface area contributed by atoms with Crippen LogP contribution in [0.5, 0.6) is 5.75 Å². The standard InChI is InChI=1S/C27H27ClN4O4/c1-18(2)25(31-26(34)20-10-12-21(28)13-11-20)27(35)32-29-16-19-8-14-23(15-9-19)36-17-24(33)30-22-6-4-3-5-7-22/h3-16,18,25H,17H2,1-2H3,(H,30,33)(H,31,34)(H,32,35)/b29-16-. The van der Waals surface area contributed by atoms with Crippen LogP contribution >= 0.6 is 11.6 Å². The van der Waals surface area contributed by atoms with Gasteiger partial charge in [0.2, 0.25) is 0 Å². The molecule has 36 heavy (non-hydrogen) atoms. The number of nitrogens with zero attached hydrogens (tertiary/aromatic N) is 1. The van der Waals surface area contributed by atoms with Crippen molar-refractivity contribution in [1.82, 2.24) is 10.7 Å². The Hall–Kier alpha value is -4.17. The van der Waals surface area contributed by atoms with Crippen molar-refractivity contribution in [2.75, 3.05) is 11.9 Å². The lowest BCUT2D eigenvalue weighted by Gasteiger charge is -2.20. The molecule has 3 aromatic carbocycles. The summed E-state index contributed by atoms with van der Waals surface area (Å²) in [6.45, 7) is 3.53. The molecule has 0 aromatic heterocycles. The molecule has 3 aromatic rings. The number of hydrogen-bond donors (Lipinski definition) is 3. The average Bonchev–Trinajstić information content (AvgIpc) is 2.87. The fraction of sp³-hybridized carbons (Fsp3) is 0.185. The normalized spacial score (nSPS) is 11.7. The smallest absolute Gasteiger partial charge is 0.262 e. The molecule has 0 spiro atoms. The van der Waals surface area contributed by atoms with Crippen LogP contribution in [0.1, 0.15) is 29.8 Å². The van der Waals surface area contributed by atoms with Gasteiger partial charge in [-0.3, -0.25) is 14.4 Å². The third-order valence-corrected chi connectivity index (χ3v) is 5.29. The molecule has 3 rings (SSSR count). The number of benzene rings is 3. The lowest BCUT2D eigenvalue weighted by molar-refractivity contribution is -0.124. The van der Waals surface area contributed by atoms with Crippen molar-refractivity contribution in [1.29, 1.82) is 0 Å². The highest BCUT2D eigenvalue weighted by Gasteiger charge is 2.24. The molecule has 186 valence electrons. The van der Waals surface area contributed by atoms with Crippen LogP contribution in [-0.2, 0) is 9.59 Å². The van der Waals surface area contributed by atoms with Gasteiger partial charge in [-0.25, -0.2) is 5.43 Å². The molecule has 0 bridgehead atoms. The van der Waals surface area contributed by atoms with Gasteiger partial charge in [-0.15, -0.1) is 0 Å². The summed E-state index contributed by atoms with van der Waals surface area (Å²) in [5.41, 5.74) is 4.28. The second-order valence-corrected chi connectivity index (χ2v) is 8.64. The average molecular weight is 507 g/mol. The van der Waals surface area contributed by atoms with E-state index >= 15 is 0 Å². The summed E-state index contributed by atoms with van der Waals surface area (Å²) < 4.78 is 5.50. The van der Waals surface area contributed by atoms with Gasteiger partial charge >= 0.3 is 0 Å². The van der Waals surface area contributed by atoms with Crippen LogP contribution in [0.25, 0.3) is 0 Å². The minimum atomic E-state index is -0.775. The van der Waals surface area contributed by atoms with Gasteiger partial charge in [0, 0.05) is 16.3 Å². The highest BCUT2D eigenvalue weighted by molar-refractivity contribution is 6.30. The van der Waals surface area contributed by atoms with E-state index < -0.39 is 11.9 Å². The molecule has 1 unspecified atom stereocenters. The van der Waals surface area contributed by atoms with Crippen LogP contribution in [0.2, 0.25) is 5.02 Å². The van der Waals surface area contributed by atoms with E-state index in [1.54, 1.807) is 60.7 Å². The number of halogens is 1. The van der Waals surface area contributed by atoms with E-state index in [1.165, 1.54) is 6.21 Å². The molecule has 0 fully saturated rings. The zero-order valence-electron chi connectivity index (χ0n) is 19.9. The second kappa shape index (κ2) is 13.1. The minimum Gasteiger partial charge on any atom is -0.484 e. The molecule has 8 nitrogen and oxygen atoms in total. The van der Waals surface area contributed by atoms with Crippen molar-refractivity contribution in [3.8, 4) is 5.75 Å². The number of rotatable bonds is 10. The molecular weight excluding hydrogens is 480 g/mol. The van der Waals surface area contributed by atoms with Crippen LogP contribution < -0.4 is 20.8 Å². The molecule has 0 saturated carbocycles. The van der Waals surface area contributed by atoms with Crippen molar-refractivity contribution in [2.45, 2.75) is 19.9 Å². The first-order valence-electron chi connectivity index (χ1n) is 11.3. The van der Waals surface area contributed by atoms with Gasteiger partial charge in [0.1, 0.15) is 11.8 Å². The van der Waals surface area contributed by atoms with Crippen molar-refractivity contribution in [3.63, 3.8) is 0 Å². The molecule has 0 aliphatic rings. The number of nitrogens with one attached hydrogen (secondary N) is 3. The fourth-order valence-electron chi connectivity index (χ4n) is 3.12. The number of para-hydroxylation sites is 1. The Morgan fingerprint density at radius 2 is 1.61 bits per heavy atom. The Morgan fingerprint density at radius 3 is 2.25 bits per heavy atom. The van der Waals surface area contributed by atoms with E-state index in [-0.39, 0.29) is 24.3 Å². The van der Waals surface area contributed by atoms with Gasteiger partial charge in [-0.05, 0) is 72.1 Å². The third kappa shape index (κ3) is 8.25. The summed E-state index contributed by atoms with van der Waals surface area (Å²) in [6, 6.07) is 21.6. The molecular formula is C27H27ClN4O4. The van der Waals surface area contributed by atoms with Gasteiger partial charge in [0.05, 0.1) is 6.21 Å². The predicted octanol–water partition coefficient (Wildman–Crippen LogP) is 4.26. The van der Waals surface area contributed by atoms with Crippen molar-refractivity contribution in [2.24, 2.45) is 11.0 Å². The summed E-state index contributed by atoms with van der Waals surface area (Å²) in [4.78, 5) is 37.1. The first-order valence-corrected chi connectivity index (χ1v) is 11.7. The minimum absolute atomic E-state index is 0.128. The van der Waals surface area contributed by atoms with Crippen LogP contribution in [0, 0.1) is 5.92 Å². The molecule has 0 radical (unpaired) electrons. The number of ether oxygens (including phenoxy) is 1. The maximum atomic E-state index is 12.6. The molecule has 1 atom stereocenters. The third-order valence-electron chi connectivity index (χ3n) is 5.04. The number of hydrazone groups is 1. The molecule has 0 aliphatic heterocycles. The molecule has 3 N–H and O–H groups in total. The second-order valence-electron chi connectivity index (χ2n) is 8.21. The highest BCUT2D eigenvalue weighted by Crippen LogP contribution is 2.13. The largest absolute Gasteiger partial charge is 0.484 e. The molecule has 9 heteroatoms. The highest BCUT2D eigenvalue weighted by atomic mass is 35.5. The van der Waals surface area contributed by atoms with Gasteiger partial charge in [-0.2, -0.15) is 5.10 Å². The summed E-state index contributed by atoms with van der Waals surface area (Å²) >= 11 is 5.86. The van der Waals surface area contributed by atoms with Gasteiger partial charge in [-0.1, -0.05) is 43.6 Å². The molecule has 0 saturated heterocycles. The summed E-state index contributed by atoms with van der Waals surface area (Å²) in [5.74, 6) is -0.723. The van der Waals surface area contributed by atoms with E-state index in [2.05, 4.69) is 21.2 Å². The summed E-state index contributed by atoms with van der Waals surface area (Å²) in [5, 5.41) is 9.98. The van der Waals surface area contributed by atoms with Crippen molar-refractivity contribution >= 4 is 41.2 Å². The Bertz CT molecular complexity index is 1200. The Labute approximate surface area is 214 Å². The SMILES string of the molecule is CC(C)C(NC(=O)c1ccc(Cl)cc1)C(=O)N/N=C\c1ccc(OCC(=O)Nc2ccccc2)cc1. The van der Waals surface area contributed by atoms with Gasteiger partial charge in [0.15, 0.2) is 6.61 Å². The number of carbonyl (C=O) groups is 3. The lowest BCUT2D eigenvalue weighted by Crippen LogP contribution is -2.48. The number of carbonyl (C=O) groups excluding carboxylic acids is 3. The predicted molar refractivity (Wildman–Crippen MR) is 140 cm³/mol. The maximum absolute atomic E-state index is 12.6. The number of amides is 3. The van der Waals surface area contributed by atoms with Gasteiger partial charge < -0.3 is 15.4 Å². The van der Waals surface area contributed by atoms with Crippen LogP contribution in [0.3, 0.4) is 0 Å². The van der Waals surface area contributed by atoms with Crippen molar-refractivity contribution < 1.29 is 19.1 Å². The zero-order chi connectivity index (χ0) is 25.9. The monoisotopic (exact) mass is 506 g/mol. The quantitative estimate of drug-likeness (QED) is 0.282. The lowest BCUT2D eigenvalue weighted by atomic mass is 10.0. The molecule has 0 heterocycles. The Kier molecular flexibility index (Phi) is 9.59. The fourth-order valence-corrected chi connectivity index (χ4v) is 3.24. The van der Waals surface area contributed by atoms with Gasteiger partial charge in [0.25, 0.3) is 17.7 Å². The first-order chi connectivity index (χ1) is 17.3. The maximum Gasteiger partial charge on any atom is 0.262 e. The first kappa shape index (κ1) is 26.4. The van der Waals surface area contributed by atoms with E-state index in [0.29, 0.717) is 27.6 Å². The molecule has 3 amide bonds. The Balaban J connectivity index is 1.48. The van der Waals surface area contributed by atoms with E-state index in [9.17, 15) is 14.4 Å². The van der Waals surface area contributed by atoms with E-state index in [1.807, 2.05) is 32.0 Å². The molecule has 0 aliphatic carbocycles. The van der Waals surface area contributed by atoms with E-state index in [4.69, 9.17) is 16.3 Å². The summed E-state index contributed by atoms with van der Waals surface area (Å²) in [6.07, 6.45) is 1.47. The number of hydrogen-bond acceptors (Lipinski definition) is 5. The number of anilines is 1. The van der Waals surface area contributed by atoms with Crippen molar-refractivity contribution in [3.05, 3.63) is 95.0 Å². The van der Waals surface area contributed by atoms with Crippen LogP contribution in [0.15, 0.2) is 84.0 Å². The topological polar surface area (TPSA) is 109 Å². The van der Waals surface area contributed by atoms with Crippen LogP contribution in [0.4, 0.5) is 5.69 Å². The Morgan fingerprint density at radius 1 is 0.944 bits per heavy atom. The zero-order valence-corrected chi connectivity index (χ0v) is 20.7.